The first-order chi connectivity index (χ1) is 16.9. The van der Waals surface area contributed by atoms with Crippen LogP contribution < -0.4 is 14.9 Å². The fraction of sp³-hybridized carbons (Fsp3) is 0.148. The second-order valence-corrected chi connectivity index (χ2v) is 9.52. The number of esters is 1. The Morgan fingerprint density at radius 1 is 1.17 bits per heavy atom. The average molecular weight is 505 g/mol. The number of allylic oxidation sites excluding steroid dienone is 1. The second kappa shape index (κ2) is 9.17. The molecule has 0 bridgehead atoms. The summed E-state index contributed by atoms with van der Waals surface area (Å²) < 4.78 is 7.22. The number of fused-ring (bicyclic) bond motifs is 2. The molecule has 0 aliphatic carbocycles. The first-order valence-corrected chi connectivity index (χ1v) is 12.2. The molecule has 1 atom stereocenters. The summed E-state index contributed by atoms with van der Waals surface area (Å²) in [7, 11) is 0. The maximum absolute atomic E-state index is 13.7. The average Bonchev–Trinajstić information content (AvgIpc) is 3.15. The first-order valence-electron chi connectivity index (χ1n) is 11.0. The van der Waals surface area contributed by atoms with E-state index in [1.807, 2.05) is 30.3 Å². The van der Waals surface area contributed by atoms with Gasteiger partial charge in [0.2, 0.25) is 0 Å². The minimum absolute atomic E-state index is 0.0761. The lowest BCUT2D eigenvalue weighted by molar-refractivity contribution is -0.139. The first kappa shape index (κ1) is 23.1. The van der Waals surface area contributed by atoms with Crippen LogP contribution >= 0.6 is 22.9 Å². The van der Waals surface area contributed by atoms with Crippen LogP contribution in [0.4, 0.5) is 0 Å². The predicted molar refractivity (Wildman–Crippen MR) is 137 cm³/mol. The molecule has 4 aromatic rings. The zero-order chi connectivity index (χ0) is 24.7. The van der Waals surface area contributed by atoms with Crippen molar-refractivity contribution in [2.45, 2.75) is 19.9 Å². The Balaban J connectivity index is 1.77. The molecule has 1 aromatic heterocycles. The van der Waals surface area contributed by atoms with E-state index in [9.17, 15) is 14.7 Å². The van der Waals surface area contributed by atoms with Crippen molar-refractivity contribution in [1.82, 2.24) is 4.57 Å². The van der Waals surface area contributed by atoms with Crippen molar-refractivity contribution in [2.24, 2.45) is 4.99 Å². The van der Waals surface area contributed by atoms with Crippen LogP contribution in [0.3, 0.4) is 0 Å². The van der Waals surface area contributed by atoms with E-state index in [4.69, 9.17) is 16.3 Å². The number of rotatable bonds is 4. The highest BCUT2D eigenvalue weighted by molar-refractivity contribution is 7.07. The van der Waals surface area contributed by atoms with Crippen LogP contribution in [0.15, 0.2) is 81.7 Å². The molecule has 1 aliphatic heterocycles. The number of nitrogens with zero attached hydrogens (tertiary/aromatic N) is 2. The van der Waals surface area contributed by atoms with Crippen molar-refractivity contribution in [3.8, 4) is 5.75 Å². The number of aromatic nitrogens is 1. The molecule has 8 heteroatoms. The maximum Gasteiger partial charge on any atom is 0.338 e. The third kappa shape index (κ3) is 4.07. The lowest BCUT2D eigenvalue weighted by Gasteiger charge is -2.24. The highest BCUT2D eigenvalue weighted by Gasteiger charge is 2.33. The number of phenolic OH excluding ortho intramolecular Hbond substituents is 1. The van der Waals surface area contributed by atoms with Gasteiger partial charge in [-0.2, -0.15) is 0 Å². The van der Waals surface area contributed by atoms with Crippen molar-refractivity contribution in [3.63, 3.8) is 0 Å². The summed E-state index contributed by atoms with van der Waals surface area (Å²) >= 11 is 7.31. The Morgan fingerprint density at radius 3 is 2.66 bits per heavy atom. The number of aromatic hydroxyl groups is 1. The maximum atomic E-state index is 13.7. The van der Waals surface area contributed by atoms with Gasteiger partial charge < -0.3 is 9.84 Å². The summed E-state index contributed by atoms with van der Waals surface area (Å²) in [5, 5.41) is 12.9. The lowest BCUT2D eigenvalue weighted by atomic mass is 9.96. The molecule has 6 nitrogen and oxygen atoms in total. The number of ether oxygens (including phenoxy) is 1. The molecular weight excluding hydrogens is 484 g/mol. The Bertz CT molecular complexity index is 1680. The van der Waals surface area contributed by atoms with Crippen molar-refractivity contribution in [2.75, 3.05) is 6.61 Å². The molecule has 5 rings (SSSR count). The largest absolute Gasteiger partial charge is 0.507 e. The van der Waals surface area contributed by atoms with Crippen molar-refractivity contribution < 1.29 is 14.6 Å². The molecule has 1 aliphatic rings. The number of phenols is 1. The molecule has 3 aromatic carbocycles. The van der Waals surface area contributed by atoms with Crippen LogP contribution in [-0.2, 0) is 9.53 Å². The topological polar surface area (TPSA) is 80.9 Å². The summed E-state index contributed by atoms with van der Waals surface area (Å²) in [5.41, 5.74) is 1.76. The molecule has 0 unspecified atom stereocenters. The number of thiazole rings is 1. The number of carbonyl (C=O) groups excluding carboxylic acids is 1. The zero-order valence-electron chi connectivity index (χ0n) is 19.0. The highest BCUT2D eigenvalue weighted by atomic mass is 35.5. The summed E-state index contributed by atoms with van der Waals surface area (Å²) in [6.07, 6.45) is 1.68. The van der Waals surface area contributed by atoms with E-state index in [2.05, 4.69) is 4.99 Å². The summed E-state index contributed by atoms with van der Waals surface area (Å²) in [4.78, 5) is 31.7. The zero-order valence-corrected chi connectivity index (χ0v) is 20.6. The number of carbonyl (C=O) groups is 1. The van der Waals surface area contributed by atoms with E-state index in [-0.39, 0.29) is 17.9 Å². The number of benzene rings is 3. The fourth-order valence-electron chi connectivity index (χ4n) is 4.32. The molecule has 0 amide bonds. The van der Waals surface area contributed by atoms with Gasteiger partial charge in [-0.3, -0.25) is 9.36 Å². The molecule has 0 saturated carbocycles. The molecular formula is C27H21ClN2O4S. The predicted octanol–water partition coefficient (Wildman–Crippen LogP) is 4.31. The van der Waals surface area contributed by atoms with Gasteiger partial charge in [-0.1, -0.05) is 65.4 Å². The summed E-state index contributed by atoms with van der Waals surface area (Å²) in [6, 6.07) is 17.4. The minimum Gasteiger partial charge on any atom is -0.507 e. The van der Waals surface area contributed by atoms with Gasteiger partial charge in [0.15, 0.2) is 4.80 Å². The summed E-state index contributed by atoms with van der Waals surface area (Å²) in [5.74, 6) is -0.443. The van der Waals surface area contributed by atoms with Crippen LogP contribution in [0.1, 0.15) is 31.0 Å². The van der Waals surface area contributed by atoms with E-state index >= 15 is 0 Å². The smallest absolute Gasteiger partial charge is 0.338 e. The van der Waals surface area contributed by atoms with Crippen LogP contribution in [0.5, 0.6) is 5.75 Å². The van der Waals surface area contributed by atoms with Gasteiger partial charge in [0, 0.05) is 10.6 Å². The molecule has 0 spiro atoms. The van der Waals surface area contributed by atoms with Gasteiger partial charge in [0.1, 0.15) is 5.75 Å². The normalized spacial score (nSPS) is 15.7. The van der Waals surface area contributed by atoms with Crippen molar-refractivity contribution in [3.05, 3.63) is 108 Å². The van der Waals surface area contributed by atoms with Crippen LogP contribution in [-0.4, -0.2) is 22.2 Å². The van der Waals surface area contributed by atoms with Gasteiger partial charge in [-0.25, -0.2) is 9.79 Å². The molecule has 2 heterocycles. The van der Waals surface area contributed by atoms with Crippen LogP contribution in [0, 0.1) is 0 Å². The molecule has 35 heavy (non-hydrogen) atoms. The van der Waals surface area contributed by atoms with Crippen molar-refractivity contribution in [1.29, 1.82) is 0 Å². The van der Waals surface area contributed by atoms with Gasteiger partial charge in [-0.15, -0.1) is 0 Å². The third-order valence-corrected chi connectivity index (χ3v) is 7.16. The molecule has 1 N–H and O–H groups in total. The van der Waals surface area contributed by atoms with E-state index in [0.717, 1.165) is 10.8 Å². The van der Waals surface area contributed by atoms with Crippen LogP contribution in [0.2, 0.25) is 5.02 Å². The fourth-order valence-corrected chi connectivity index (χ4v) is 5.47. The number of hydrogen-bond acceptors (Lipinski definition) is 6. The second-order valence-electron chi connectivity index (χ2n) is 8.07. The lowest BCUT2D eigenvalue weighted by Crippen LogP contribution is -2.39. The molecule has 0 radical (unpaired) electrons. The standard InChI is InChI=1S/C27H21ClN2O4S/c1-3-34-26(33)23-15(2)29-27-30(24(23)17-8-11-18(28)12-9-17)25(32)22(35-27)14-20-19-7-5-4-6-16(19)10-13-21(20)31/h4-14,24,31H,3H2,1-2H3/b22-14-/t24-/m0/s1. The molecule has 0 saturated heterocycles. The Kier molecular flexibility index (Phi) is 6.05. The Labute approximate surface area is 209 Å². The van der Waals surface area contributed by atoms with Crippen molar-refractivity contribution >= 4 is 45.8 Å². The van der Waals surface area contributed by atoms with Gasteiger partial charge in [0.25, 0.3) is 5.56 Å². The van der Waals surface area contributed by atoms with Gasteiger partial charge in [-0.05, 0) is 54.5 Å². The van der Waals surface area contributed by atoms with E-state index < -0.39 is 12.0 Å². The Hall–Kier alpha value is -3.68. The Morgan fingerprint density at radius 2 is 1.91 bits per heavy atom. The van der Waals surface area contributed by atoms with E-state index in [1.165, 1.54) is 15.9 Å². The molecule has 176 valence electrons. The van der Waals surface area contributed by atoms with Gasteiger partial charge >= 0.3 is 5.97 Å². The minimum atomic E-state index is -0.717. The quantitative estimate of drug-likeness (QED) is 0.420. The summed E-state index contributed by atoms with van der Waals surface area (Å²) in [6.45, 7) is 3.67. The monoisotopic (exact) mass is 504 g/mol. The van der Waals surface area contributed by atoms with E-state index in [0.29, 0.717) is 36.8 Å². The highest BCUT2D eigenvalue weighted by Crippen LogP contribution is 2.32. The third-order valence-electron chi connectivity index (χ3n) is 5.93. The molecule has 0 fully saturated rings. The van der Waals surface area contributed by atoms with Crippen LogP contribution in [0.25, 0.3) is 16.8 Å². The number of hydrogen-bond donors (Lipinski definition) is 1. The number of halogens is 1. The SMILES string of the molecule is CCOC(=O)C1=C(C)N=c2s/c(=C\c3c(O)ccc4ccccc34)c(=O)n2[C@H]1c1ccc(Cl)cc1. The van der Waals surface area contributed by atoms with Gasteiger partial charge in [0.05, 0.1) is 28.5 Å². The van der Waals surface area contributed by atoms with E-state index in [1.54, 1.807) is 50.3 Å².